The Hall–Kier alpha value is -2.09. The molecular weight excluding hydrogens is 428 g/mol. The normalized spacial score (nSPS) is 22.0. The van der Waals surface area contributed by atoms with Gasteiger partial charge in [0, 0.05) is 29.9 Å². The molecule has 2 rings (SSSR count). The van der Waals surface area contributed by atoms with Crippen molar-refractivity contribution in [3.63, 3.8) is 0 Å². The number of carbonyl (C=O) groups is 3. The van der Waals surface area contributed by atoms with E-state index >= 15 is 0 Å². The fourth-order valence-electron chi connectivity index (χ4n) is 3.22. The summed E-state index contributed by atoms with van der Waals surface area (Å²) in [5, 5.41) is 12.5. The van der Waals surface area contributed by atoms with Crippen LogP contribution in [0.25, 0.3) is 0 Å². The predicted molar refractivity (Wildman–Crippen MR) is 108 cm³/mol. The van der Waals surface area contributed by atoms with E-state index in [4.69, 9.17) is 4.74 Å². The largest absolute Gasteiger partial charge is 0.480 e. The highest BCUT2D eigenvalue weighted by Crippen LogP contribution is 2.31. The van der Waals surface area contributed by atoms with Gasteiger partial charge in [-0.1, -0.05) is 34.1 Å². The summed E-state index contributed by atoms with van der Waals surface area (Å²) in [7, 11) is 0. The maximum atomic E-state index is 12.5. The van der Waals surface area contributed by atoms with E-state index in [1.807, 2.05) is 24.3 Å². The number of halogens is 1. The number of rotatable bonds is 5. The van der Waals surface area contributed by atoms with Crippen LogP contribution < -0.4 is 5.32 Å². The minimum Gasteiger partial charge on any atom is -0.480 e. The van der Waals surface area contributed by atoms with Crippen molar-refractivity contribution in [2.45, 2.75) is 64.1 Å². The molecule has 2 N–H and O–H groups in total. The Morgan fingerprint density at radius 1 is 1.32 bits per heavy atom. The molecule has 2 amide bonds. The van der Waals surface area contributed by atoms with E-state index in [-0.39, 0.29) is 25.3 Å². The lowest BCUT2D eigenvalue weighted by Gasteiger charge is -2.32. The number of likely N-dealkylation sites (tertiary alicyclic amines) is 1. The molecule has 28 heavy (non-hydrogen) atoms. The van der Waals surface area contributed by atoms with Gasteiger partial charge in [-0.2, -0.15) is 0 Å². The summed E-state index contributed by atoms with van der Waals surface area (Å²) in [6, 6.07) is 7.23. The fourth-order valence-corrected chi connectivity index (χ4v) is 3.70. The van der Waals surface area contributed by atoms with Gasteiger partial charge in [0.05, 0.1) is 0 Å². The van der Waals surface area contributed by atoms with E-state index < -0.39 is 29.2 Å². The molecule has 8 heteroatoms. The summed E-state index contributed by atoms with van der Waals surface area (Å²) in [6.45, 7) is 6.74. The molecule has 1 saturated heterocycles. The Morgan fingerprint density at radius 2 is 1.96 bits per heavy atom. The zero-order valence-corrected chi connectivity index (χ0v) is 18.2. The topological polar surface area (TPSA) is 95.9 Å². The number of nitrogens with one attached hydrogen (secondary N) is 1. The van der Waals surface area contributed by atoms with E-state index in [1.165, 1.54) is 11.8 Å². The van der Waals surface area contributed by atoms with E-state index in [2.05, 4.69) is 21.2 Å². The maximum absolute atomic E-state index is 12.5. The molecule has 0 saturated carbocycles. The van der Waals surface area contributed by atoms with Crippen molar-refractivity contribution in [3.05, 3.63) is 34.3 Å². The van der Waals surface area contributed by atoms with Gasteiger partial charge in [0.25, 0.3) is 0 Å². The number of hydrogen-bond donors (Lipinski definition) is 2. The van der Waals surface area contributed by atoms with E-state index in [0.29, 0.717) is 6.42 Å². The lowest BCUT2D eigenvalue weighted by Crippen LogP contribution is -2.52. The number of nitrogens with zero attached hydrogens (tertiary/aromatic N) is 1. The van der Waals surface area contributed by atoms with Gasteiger partial charge in [-0.05, 0) is 45.7 Å². The molecule has 0 bridgehead atoms. The number of benzene rings is 1. The monoisotopic (exact) mass is 454 g/mol. The molecule has 1 aromatic carbocycles. The molecule has 0 aromatic heterocycles. The van der Waals surface area contributed by atoms with Crippen molar-refractivity contribution in [1.82, 2.24) is 10.2 Å². The predicted octanol–water partition coefficient (Wildman–Crippen LogP) is 3.35. The Balaban J connectivity index is 2.00. The molecule has 0 unspecified atom stereocenters. The van der Waals surface area contributed by atoms with Crippen LogP contribution in [0.4, 0.5) is 4.79 Å². The number of amides is 2. The Morgan fingerprint density at radius 3 is 2.54 bits per heavy atom. The summed E-state index contributed by atoms with van der Waals surface area (Å²) in [5.74, 6) is -1.30. The van der Waals surface area contributed by atoms with Crippen molar-refractivity contribution in [1.29, 1.82) is 0 Å². The highest BCUT2D eigenvalue weighted by atomic mass is 79.9. The van der Waals surface area contributed by atoms with Crippen molar-refractivity contribution in [2.75, 3.05) is 6.54 Å². The van der Waals surface area contributed by atoms with Crippen LogP contribution >= 0.6 is 15.9 Å². The Labute approximate surface area is 173 Å². The first-order chi connectivity index (χ1) is 12.9. The maximum Gasteiger partial charge on any atom is 0.411 e. The Bertz CT molecular complexity index is 761. The van der Waals surface area contributed by atoms with Crippen LogP contribution in [-0.4, -0.2) is 51.7 Å². The van der Waals surface area contributed by atoms with Gasteiger partial charge in [-0.25, -0.2) is 9.59 Å². The number of hydrogen-bond acceptors (Lipinski definition) is 4. The SMILES string of the molecule is CC(C)(C)OC(=O)N1C[C@H](NC(=O)CCc2ccccc2Br)C[C@@]1(C)C(=O)O. The highest BCUT2D eigenvalue weighted by molar-refractivity contribution is 9.10. The number of ether oxygens (including phenoxy) is 1. The molecule has 7 nitrogen and oxygen atoms in total. The molecule has 1 fully saturated rings. The highest BCUT2D eigenvalue weighted by Gasteiger charge is 2.51. The first kappa shape index (κ1) is 22.2. The van der Waals surface area contributed by atoms with Crippen LogP contribution in [0, 0.1) is 0 Å². The number of carbonyl (C=O) groups excluding carboxylic acids is 2. The quantitative estimate of drug-likeness (QED) is 0.710. The van der Waals surface area contributed by atoms with Gasteiger partial charge in [0.1, 0.15) is 11.1 Å². The number of aryl methyl sites for hydroxylation is 1. The summed E-state index contributed by atoms with van der Waals surface area (Å²) in [5.41, 5.74) is -1.14. The van der Waals surface area contributed by atoms with Crippen LogP contribution in [0.15, 0.2) is 28.7 Å². The zero-order chi connectivity index (χ0) is 21.1. The van der Waals surface area contributed by atoms with Crippen molar-refractivity contribution < 1.29 is 24.2 Å². The summed E-state index contributed by atoms with van der Waals surface area (Å²) in [6.07, 6.45) is 0.270. The van der Waals surface area contributed by atoms with Crippen molar-refractivity contribution in [2.24, 2.45) is 0 Å². The Kier molecular flexibility index (Phi) is 6.75. The number of carboxylic acid groups (broad SMARTS) is 1. The summed E-state index contributed by atoms with van der Waals surface area (Å²) < 4.78 is 6.29. The fraction of sp³-hybridized carbons (Fsp3) is 0.550. The molecule has 0 aliphatic carbocycles. The standard InChI is InChI=1S/C20H27BrN2O5/c1-19(2,3)28-18(27)23-12-14(11-20(23,4)17(25)26)22-16(24)10-9-13-7-5-6-8-15(13)21/h5-8,14H,9-12H2,1-4H3,(H,22,24)(H,25,26)/t14-,20+/m1/s1. The second kappa shape index (κ2) is 8.51. The van der Waals surface area contributed by atoms with Crippen molar-refractivity contribution >= 4 is 33.9 Å². The van der Waals surface area contributed by atoms with Gasteiger partial charge in [0.2, 0.25) is 5.91 Å². The zero-order valence-electron chi connectivity index (χ0n) is 16.6. The smallest absolute Gasteiger partial charge is 0.411 e. The molecule has 0 radical (unpaired) electrons. The third-order valence-corrected chi connectivity index (χ3v) is 5.44. The molecule has 1 aliphatic rings. The third-order valence-electron chi connectivity index (χ3n) is 4.66. The second-order valence-electron chi connectivity index (χ2n) is 8.23. The molecular formula is C20H27BrN2O5. The molecule has 0 spiro atoms. The lowest BCUT2D eigenvalue weighted by molar-refractivity contribution is -0.148. The number of carboxylic acids is 1. The molecule has 2 atom stereocenters. The van der Waals surface area contributed by atoms with Crippen molar-refractivity contribution in [3.8, 4) is 0 Å². The van der Waals surface area contributed by atoms with Gasteiger partial charge in [0.15, 0.2) is 0 Å². The number of aliphatic carboxylic acids is 1. The van der Waals surface area contributed by atoms with Gasteiger partial charge >= 0.3 is 12.1 Å². The summed E-state index contributed by atoms with van der Waals surface area (Å²) >= 11 is 3.46. The minimum absolute atomic E-state index is 0.0957. The van der Waals surface area contributed by atoms with Crippen LogP contribution in [-0.2, 0) is 20.7 Å². The van der Waals surface area contributed by atoms with E-state index in [1.54, 1.807) is 20.8 Å². The third kappa shape index (κ3) is 5.47. The van der Waals surface area contributed by atoms with Crippen LogP contribution in [0.5, 0.6) is 0 Å². The molecule has 1 heterocycles. The minimum atomic E-state index is -1.43. The average Bonchev–Trinajstić information content (AvgIpc) is 2.90. The van der Waals surface area contributed by atoms with Crippen LogP contribution in [0.1, 0.15) is 46.1 Å². The second-order valence-corrected chi connectivity index (χ2v) is 9.08. The van der Waals surface area contributed by atoms with E-state index in [9.17, 15) is 19.5 Å². The molecule has 1 aliphatic heterocycles. The van der Waals surface area contributed by atoms with Crippen LogP contribution in [0.2, 0.25) is 0 Å². The molecule has 1 aromatic rings. The first-order valence-electron chi connectivity index (χ1n) is 9.19. The van der Waals surface area contributed by atoms with Crippen LogP contribution in [0.3, 0.4) is 0 Å². The van der Waals surface area contributed by atoms with Gasteiger partial charge in [-0.15, -0.1) is 0 Å². The molecule has 154 valence electrons. The average molecular weight is 455 g/mol. The lowest BCUT2D eigenvalue weighted by atomic mass is 9.97. The van der Waals surface area contributed by atoms with Gasteiger partial charge in [-0.3, -0.25) is 9.69 Å². The van der Waals surface area contributed by atoms with Gasteiger partial charge < -0.3 is 15.2 Å². The first-order valence-corrected chi connectivity index (χ1v) is 9.98. The van der Waals surface area contributed by atoms with E-state index in [0.717, 1.165) is 10.0 Å². The summed E-state index contributed by atoms with van der Waals surface area (Å²) in [4.78, 5) is 37.9.